The van der Waals surface area contributed by atoms with Gasteiger partial charge in [-0.3, -0.25) is 9.69 Å². The van der Waals surface area contributed by atoms with Gasteiger partial charge in [0.15, 0.2) is 0 Å². The Bertz CT molecular complexity index is 1060. The van der Waals surface area contributed by atoms with Crippen molar-refractivity contribution in [3.63, 3.8) is 0 Å². The summed E-state index contributed by atoms with van der Waals surface area (Å²) < 4.78 is 11.9. The number of fused-ring (bicyclic) bond motifs is 1. The molecule has 1 aliphatic heterocycles. The first-order valence-corrected chi connectivity index (χ1v) is 9.87. The molecule has 0 unspecified atom stereocenters. The standard InChI is InChI=1S/C22H25N3O4/c1-3-29-22(27)19-20(17-6-4-5-7-18(17)23(2)21(19)26)25-11-9-24(10-12-25)14-16-8-13-28-15-16/h4-8,13,15H,3,9-12,14H2,1-2H3. The molecule has 0 saturated carbocycles. The van der Waals surface area contributed by atoms with Crippen LogP contribution in [-0.2, 0) is 18.3 Å². The lowest BCUT2D eigenvalue weighted by Crippen LogP contribution is -2.47. The number of pyridine rings is 1. The van der Waals surface area contributed by atoms with Crippen molar-refractivity contribution in [1.82, 2.24) is 9.47 Å². The molecule has 0 radical (unpaired) electrons. The number of aromatic nitrogens is 1. The lowest BCUT2D eigenvalue weighted by Gasteiger charge is -2.37. The minimum absolute atomic E-state index is 0.122. The monoisotopic (exact) mass is 395 g/mol. The number of carbonyl (C=O) groups is 1. The van der Waals surface area contributed by atoms with Gasteiger partial charge in [0, 0.05) is 50.7 Å². The molecule has 0 amide bonds. The number of anilines is 1. The summed E-state index contributed by atoms with van der Waals surface area (Å²) in [7, 11) is 1.69. The van der Waals surface area contributed by atoms with E-state index >= 15 is 0 Å². The van der Waals surface area contributed by atoms with Crippen molar-refractivity contribution < 1.29 is 13.9 Å². The average molecular weight is 395 g/mol. The van der Waals surface area contributed by atoms with E-state index in [-0.39, 0.29) is 17.7 Å². The van der Waals surface area contributed by atoms with E-state index in [0.29, 0.717) is 5.69 Å². The van der Waals surface area contributed by atoms with Crippen molar-refractivity contribution in [2.45, 2.75) is 13.5 Å². The average Bonchev–Trinajstić information content (AvgIpc) is 3.24. The predicted octanol–water partition coefficient (Wildman–Crippen LogP) is 2.63. The Morgan fingerprint density at radius 3 is 2.59 bits per heavy atom. The molecular weight excluding hydrogens is 370 g/mol. The molecule has 152 valence electrons. The lowest BCUT2D eigenvalue weighted by atomic mass is 10.1. The maximum atomic E-state index is 13.1. The number of para-hydroxylation sites is 1. The highest BCUT2D eigenvalue weighted by molar-refractivity contribution is 6.05. The Morgan fingerprint density at radius 1 is 1.14 bits per heavy atom. The molecular formula is C22H25N3O4. The number of ether oxygens (including phenoxy) is 1. The minimum atomic E-state index is -0.560. The molecule has 7 nitrogen and oxygen atoms in total. The first kappa shape index (κ1) is 19.3. The zero-order chi connectivity index (χ0) is 20.4. The van der Waals surface area contributed by atoms with Crippen molar-refractivity contribution in [3.05, 3.63) is 64.3 Å². The Labute approximate surface area is 169 Å². The number of esters is 1. The number of furan rings is 1. The third-order valence-corrected chi connectivity index (χ3v) is 5.43. The number of carbonyl (C=O) groups excluding carboxylic acids is 1. The molecule has 0 N–H and O–H groups in total. The normalized spacial score (nSPS) is 15.0. The number of nitrogens with zero attached hydrogens (tertiary/aromatic N) is 3. The topological polar surface area (TPSA) is 67.9 Å². The van der Waals surface area contributed by atoms with Crippen LogP contribution in [0.3, 0.4) is 0 Å². The van der Waals surface area contributed by atoms with Gasteiger partial charge in [-0.15, -0.1) is 0 Å². The molecule has 7 heteroatoms. The van der Waals surface area contributed by atoms with Gasteiger partial charge in [0.2, 0.25) is 0 Å². The first-order valence-electron chi connectivity index (χ1n) is 9.87. The molecule has 1 saturated heterocycles. The fourth-order valence-corrected chi connectivity index (χ4v) is 3.97. The summed E-state index contributed by atoms with van der Waals surface area (Å²) in [5.74, 6) is -0.560. The molecule has 4 rings (SSSR count). The van der Waals surface area contributed by atoms with Gasteiger partial charge in [-0.2, -0.15) is 0 Å². The van der Waals surface area contributed by atoms with E-state index in [1.165, 1.54) is 4.57 Å². The van der Waals surface area contributed by atoms with Crippen LogP contribution >= 0.6 is 0 Å². The number of benzene rings is 1. The quantitative estimate of drug-likeness (QED) is 0.619. The molecule has 1 fully saturated rings. The Balaban J connectivity index is 1.71. The third kappa shape index (κ3) is 3.65. The van der Waals surface area contributed by atoms with Crippen LogP contribution in [0.15, 0.2) is 52.1 Å². The van der Waals surface area contributed by atoms with Crippen molar-refractivity contribution in [2.75, 3.05) is 37.7 Å². The van der Waals surface area contributed by atoms with Gasteiger partial charge in [-0.05, 0) is 19.1 Å². The Kier molecular flexibility index (Phi) is 5.40. The summed E-state index contributed by atoms with van der Waals surface area (Å²) in [5.41, 5.74) is 2.44. The molecule has 2 aromatic heterocycles. The molecule has 29 heavy (non-hydrogen) atoms. The van der Waals surface area contributed by atoms with Crippen LogP contribution in [0.5, 0.6) is 0 Å². The van der Waals surface area contributed by atoms with Crippen molar-refractivity contribution in [3.8, 4) is 0 Å². The van der Waals surface area contributed by atoms with Gasteiger partial charge in [-0.25, -0.2) is 4.79 Å². The highest BCUT2D eigenvalue weighted by Gasteiger charge is 2.28. The molecule has 0 bridgehead atoms. The lowest BCUT2D eigenvalue weighted by molar-refractivity contribution is 0.0524. The molecule has 0 spiro atoms. The second-order valence-electron chi connectivity index (χ2n) is 7.22. The maximum Gasteiger partial charge on any atom is 0.345 e. The maximum absolute atomic E-state index is 13.1. The van der Waals surface area contributed by atoms with E-state index in [0.717, 1.165) is 49.2 Å². The van der Waals surface area contributed by atoms with Crippen LogP contribution in [0.1, 0.15) is 22.8 Å². The number of hydrogen-bond acceptors (Lipinski definition) is 6. The van der Waals surface area contributed by atoms with Crippen LogP contribution in [0, 0.1) is 0 Å². The smallest absolute Gasteiger partial charge is 0.345 e. The largest absolute Gasteiger partial charge is 0.472 e. The zero-order valence-corrected chi connectivity index (χ0v) is 16.8. The highest BCUT2D eigenvalue weighted by atomic mass is 16.5. The van der Waals surface area contributed by atoms with Gasteiger partial charge in [0.05, 0.1) is 30.3 Å². The Hall–Kier alpha value is -3.06. The number of aryl methyl sites for hydroxylation is 1. The van der Waals surface area contributed by atoms with Gasteiger partial charge < -0.3 is 18.6 Å². The summed E-state index contributed by atoms with van der Waals surface area (Å²) in [5, 5.41) is 0.890. The van der Waals surface area contributed by atoms with E-state index in [1.807, 2.05) is 30.3 Å². The summed E-state index contributed by atoms with van der Waals surface area (Å²) in [6.07, 6.45) is 3.45. The fraction of sp³-hybridized carbons (Fsp3) is 0.364. The number of piperazine rings is 1. The number of hydrogen-bond donors (Lipinski definition) is 0. The van der Waals surface area contributed by atoms with Crippen LogP contribution in [0.4, 0.5) is 5.69 Å². The van der Waals surface area contributed by atoms with Crippen molar-refractivity contribution in [2.24, 2.45) is 7.05 Å². The highest BCUT2D eigenvalue weighted by Crippen LogP contribution is 2.30. The molecule has 1 aliphatic rings. The third-order valence-electron chi connectivity index (χ3n) is 5.43. The predicted molar refractivity (Wildman–Crippen MR) is 111 cm³/mol. The van der Waals surface area contributed by atoms with Crippen LogP contribution in [0.25, 0.3) is 10.9 Å². The van der Waals surface area contributed by atoms with Crippen LogP contribution in [0.2, 0.25) is 0 Å². The van der Waals surface area contributed by atoms with E-state index < -0.39 is 5.97 Å². The van der Waals surface area contributed by atoms with Gasteiger partial charge in [0.1, 0.15) is 5.56 Å². The SMILES string of the molecule is CCOC(=O)c1c(N2CCN(Cc3ccoc3)CC2)c2ccccc2n(C)c1=O. The molecule has 1 aromatic carbocycles. The van der Waals surface area contributed by atoms with Crippen LogP contribution < -0.4 is 10.5 Å². The zero-order valence-electron chi connectivity index (χ0n) is 16.8. The molecule has 3 heterocycles. The summed E-state index contributed by atoms with van der Waals surface area (Å²) in [6, 6.07) is 9.67. The van der Waals surface area contributed by atoms with E-state index in [2.05, 4.69) is 9.80 Å². The van der Waals surface area contributed by atoms with E-state index in [4.69, 9.17) is 9.15 Å². The van der Waals surface area contributed by atoms with Gasteiger partial charge in [0.25, 0.3) is 5.56 Å². The summed E-state index contributed by atoms with van der Waals surface area (Å²) in [4.78, 5) is 30.3. The first-order chi connectivity index (χ1) is 14.1. The van der Waals surface area contributed by atoms with Crippen molar-refractivity contribution >= 4 is 22.6 Å². The Morgan fingerprint density at radius 2 is 1.90 bits per heavy atom. The molecule has 0 aliphatic carbocycles. The number of rotatable bonds is 5. The summed E-state index contributed by atoms with van der Waals surface area (Å²) in [6.45, 7) is 5.91. The molecule has 0 atom stereocenters. The van der Waals surface area contributed by atoms with E-state index in [1.54, 1.807) is 26.5 Å². The van der Waals surface area contributed by atoms with Gasteiger partial charge in [-0.1, -0.05) is 18.2 Å². The second kappa shape index (κ2) is 8.13. The van der Waals surface area contributed by atoms with Gasteiger partial charge >= 0.3 is 5.97 Å². The minimum Gasteiger partial charge on any atom is -0.472 e. The fourth-order valence-electron chi connectivity index (χ4n) is 3.97. The summed E-state index contributed by atoms with van der Waals surface area (Å²) >= 11 is 0. The molecule has 3 aromatic rings. The van der Waals surface area contributed by atoms with Crippen LogP contribution in [-0.4, -0.2) is 48.2 Å². The van der Waals surface area contributed by atoms with E-state index in [9.17, 15) is 9.59 Å². The second-order valence-corrected chi connectivity index (χ2v) is 7.22. The van der Waals surface area contributed by atoms with Crippen molar-refractivity contribution in [1.29, 1.82) is 0 Å².